The van der Waals surface area contributed by atoms with Crippen molar-refractivity contribution < 1.29 is 9.59 Å². The smallest absolute Gasteiger partial charge is 0.251 e. The van der Waals surface area contributed by atoms with Gasteiger partial charge in [-0.1, -0.05) is 29.8 Å². The van der Waals surface area contributed by atoms with E-state index in [-0.39, 0.29) is 24.3 Å². The van der Waals surface area contributed by atoms with Gasteiger partial charge in [0.15, 0.2) is 0 Å². The first kappa shape index (κ1) is 21.3. The van der Waals surface area contributed by atoms with Crippen molar-refractivity contribution in [1.82, 2.24) is 10.2 Å². The number of piperidine rings is 1. The number of carbonyl (C=O) groups excluding carboxylic acids is 2. The maximum atomic E-state index is 12.9. The van der Waals surface area contributed by atoms with E-state index >= 15 is 0 Å². The molecule has 2 aromatic rings. The number of hydrogen-bond acceptors (Lipinski definition) is 3. The standard InChI is InChI=1S/C23H28ClN3O2/c1-16(2)27-13-11-20(12-14-27)26-23(29)21-6-4-3-5-17(21)15-22(28)25-19-9-7-18(24)8-10-19/h3-10,16,20H,11-15H2,1-2H3,(H,25,28)(H,26,29). The van der Waals surface area contributed by atoms with Gasteiger partial charge in [-0.25, -0.2) is 0 Å². The van der Waals surface area contributed by atoms with Gasteiger partial charge in [0.2, 0.25) is 5.91 Å². The molecule has 1 aliphatic rings. The number of hydrogen-bond donors (Lipinski definition) is 2. The van der Waals surface area contributed by atoms with Gasteiger partial charge in [0, 0.05) is 41.4 Å². The summed E-state index contributed by atoms with van der Waals surface area (Å²) in [5, 5.41) is 6.61. The summed E-state index contributed by atoms with van der Waals surface area (Å²) < 4.78 is 0. The molecule has 1 fully saturated rings. The molecular weight excluding hydrogens is 386 g/mol. The first-order chi connectivity index (χ1) is 13.9. The highest BCUT2D eigenvalue weighted by Crippen LogP contribution is 2.17. The molecule has 5 nitrogen and oxygen atoms in total. The molecule has 2 amide bonds. The number of likely N-dealkylation sites (tertiary alicyclic amines) is 1. The lowest BCUT2D eigenvalue weighted by atomic mass is 10.0. The fourth-order valence-electron chi connectivity index (χ4n) is 3.63. The Morgan fingerprint density at radius 2 is 1.72 bits per heavy atom. The Hall–Kier alpha value is -2.37. The fourth-order valence-corrected chi connectivity index (χ4v) is 3.76. The lowest BCUT2D eigenvalue weighted by Crippen LogP contribution is -2.46. The third-order valence-electron chi connectivity index (χ3n) is 5.34. The van der Waals surface area contributed by atoms with Crippen molar-refractivity contribution in [3.05, 3.63) is 64.7 Å². The van der Waals surface area contributed by atoms with Crippen molar-refractivity contribution in [2.24, 2.45) is 0 Å². The first-order valence-corrected chi connectivity index (χ1v) is 10.5. The van der Waals surface area contributed by atoms with Gasteiger partial charge in [-0.3, -0.25) is 9.59 Å². The molecule has 0 unspecified atom stereocenters. The van der Waals surface area contributed by atoms with Gasteiger partial charge in [0.25, 0.3) is 5.91 Å². The molecule has 6 heteroatoms. The average Bonchev–Trinajstić information content (AvgIpc) is 2.70. The Kier molecular flexibility index (Phi) is 7.29. The summed E-state index contributed by atoms with van der Waals surface area (Å²) in [6, 6.07) is 15.0. The lowest BCUT2D eigenvalue weighted by molar-refractivity contribution is -0.115. The predicted molar refractivity (Wildman–Crippen MR) is 117 cm³/mol. The molecule has 1 heterocycles. The van der Waals surface area contributed by atoms with Crippen LogP contribution in [0.2, 0.25) is 5.02 Å². The minimum atomic E-state index is -0.169. The molecule has 0 aromatic heterocycles. The lowest BCUT2D eigenvalue weighted by Gasteiger charge is -2.34. The highest BCUT2D eigenvalue weighted by atomic mass is 35.5. The number of nitrogens with zero attached hydrogens (tertiary/aromatic N) is 1. The van der Waals surface area contributed by atoms with Crippen molar-refractivity contribution in [2.75, 3.05) is 18.4 Å². The van der Waals surface area contributed by atoms with Crippen LogP contribution in [-0.4, -0.2) is 41.9 Å². The zero-order valence-corrected chi connectivity index (χ0v) is 17.7. The third-order valence-corrected chi connectivity index (χ3v) is 5.59. The van der Waals surface area contributed by atoms with Gasteiger partial charge in [-0.2, -0.15) is 0 Å². The topological polar surface area (TPSA) is 61.4 Å². The molecule has 0 aliphatic carbocycles. The van der Waals surface area contributed by atoms with Crippen LogP contribution < -0.4 is 10.6 Å². The molecule has 1 saturated heterocycles. The van der Waals surface area contributed by atoms with E-state index in [9.17, 15) is 9.59 Å². The molecule has 0 atom stereocenters. The summed E-state index contributed by atoms with van der Waals surface area (Å²) in [4.78, 5) is 27.7. The maximum Gasteiger partial charge on any atom is 0.251 e. The molecule has 0 spiro atoms. The number of carbonyl (C=O) groups is 2. The van der Waals surface area contributed by atoms with Gasteiger partial charge in [0.05, 0.1) is 6.42 Å². The van der Waals surface area contributed by atoms with E-state index in [1.807, 2.05) is 18.2 Å². The summed E-state index contributed by atoms with van der Waals surface area (Å²) in [5.41, 5.74) is 1.96. The first-order valence-electron chi connectivity index (χ1n) is 10.1. The molecule has 1 aliphatic heterocycles. The number of anilines is 1. The van der Waals surface area contributed by atoms with Crippen LogP contribution >= 0.6 is 11.6 Å². The van der Waals surface area contributed by atoms with Gasteiger partial charge in [-0.15, -0.1) is 0 Å². The van der Waals surface area contributed by atoms with E-state index in [0.29, 0.717) is 22.3 Å². The Balaban J connectivity index is 1.60. The quantitative estimate of drug-likeness (QED) is 0.748. The predicted octanol–water partition coefficient (Wildman–Crippen LogP) is 4.12. The van der Waals surface area contributed by atoms with Crippen molar-refractivity contribution in [3.63, 3.8) is 0 Å². The molecule has 0 saturated carbocycles. The number of rotatable bonds is 6. The van der Waals surface area contributed by atoms with E-state index in [0.717, 1.165) is 31.5 Å². The van der Waals surface area contributed by atoms with Gasteiger partial charge in [-0.05, 0) is 62.6 Å². The highest BCUT2D eigenvalue weighted by Gasteiger charge is 2.23. The van der Waals surface area contributed by atoms with Crippen LogP contribution in [0.4, 0.5) is 5.69 Å². The van der Waals surface area contributed by atoms with E-state index in [1.54, 1.807) is 30.3 Å². The molecule has 154 valence electrons. The average molecular weight is 414 g/mol. The van der Waals surface area contributed by atoms with Gasteiger partial charge >= 0.3 is 0 Å². The SMILES string of the molecule is CC(C)N1CCC(NC(=O)c2ccccc2CC(=O)Nc2ccc(Cl)cc2)CC1. The second-order valence-electron chi connectivity index (χ2n) is 7.77. The Morgan fingerprint density at radius 1 is 1.07 bits per heavy atom. The fraction of sp³-hybridized carbons (Fsp3) is 0.391. The molecule has 2 aromatic carbocycles. The monoisotopic (exact) mass is 413 g/mol. The number of amides is 2. The van der Waals surface area contributed by atoms with E-state index in [2.05, 4.69) is 29.4 Å². The van der Waals surface area contributed by atoms with Crippen molar-refractivity contribution in [2.45, 2.75) is 45.2 Å². The zero-order chi connectivity index (χ0) is 20.8. The molecule has 3 rings (SSSR count). The minimum absolute atomic E-state index is 0.108. The van der Waals surface area contributed by atoms with Gasteiger partial charge in [0.1, 0.15) is 0 Å². The second kappa shape index (κ2) is 9.90. The summed E-state index contributed by atoms with van der Waals surface area (Å²) in [6.07, 6.45) is 2.03. The summed E-state index contributed by atoms with van der Waals surface area (Å²) in [6.45, 7) is 6.38. The number of halogens is 1. The zero-order valence-electron chi connectivity index (χ0n) is 17.0. The normalized spacial score (nSPS) is 15.3. The molecule has 29 heavy (non-hydrogen) atoms. The molecule has 0 bridgehead atoms. The van der Waals surface area contributed by atoms with Gasteiger partial charge < -0.3 is 15.5 Å². The van der Waals surface area contributed by atoms with Crippen LogP contribution in [0, 0.1) is 0 Å². The number of benzene rings is 2. The summed E-state index contributed by atoms with van der Waals surface area (Å²) >= 11 is 5.88. The number of nitrogens with one attached hydrogen (secondary N) is 2. The van der Waals surface area contributed by atoms with Crippen LogP contribution in [-0.2, 0) is 11.2 Å². The molecular formula is C23H28ClN3O2. The van der Waals surface area contributed by atoms with Crippen LogP contribution in [0.1, 0.15) is 42.6 Å². The Labute approximate surface area is 177 Å². The molecule has 2 N–H and O–H groups in total. The van der Waals surface area contributed by atoms with Crippen molar-refractivity contribution in [3.8, 4) is 0 Å². The Bertz CT molecular complexity index is 843. The van der Waals surface area contributed by atoms with Crippen LogP contribution in [0.25, 0.3) is 0 Å². The molecule has 0 radical (unpaired) electrons. The van der Waals surface area contributed by atoms with E-state index < -0.39 is 0 Å². The van der Waals surface area contributed by atoms with Crippen LogP contribution in [0.15, 0.2) is 48.5 Å². The maximum absolute atomic E-state index is 12.9. The largest absolute Gasteiger partial charge is 0.349 e. The van der Waals surface area contributed by atoms with E-state index in [1.165, 1.54) is 0 Å². The van der Waals surface area contributed by atoms with Crippen LogP contribution in [0.5, 0.6) is 0 Å². The third kappa shape index (κ3) is 6.05. The van der Waals surface area contributed by atoms with Crippen molar-refractivity contribution >= 4 is 29.1 Å². The highest BCUT2D eigenvalue weighted by molar-refractivity contribution is 6.30. The second-order valence-corrected chi connectivity index (χ2v) is 8.20. The summed E-state index contributed by atoms with van der Waals surface area (Å²) in [5.74, 6) is -0.277. The summed E-state index contributed by atoms with van der Waals surface area (Å²) in [7, 11) is 0. The minimum Gasteiger partial charge on any atom is -0.349 e. The van der Waals surface area contributed by atoms with E-state index in [4.69, 9.17) is 11.6 Å². The van der Waals surface area contributed by atoms with Crippen molar-refractivity contribution in [1.29, 1.82) is 0 Å². The van der Waals surface area contributed by atoms with Crippen LogP contribution in [0.3, 0.4) is 0 Å². The Morgan fingerprint density at radius 3 is 2.38 bits per heavy atom.